The third-order valence-corrected chi connectivity index (χ3v) is 7.12. The number of benzene rings is 1. The van der Waals surface area contributed by atoms with Gasteiger partial charge in [0.25, 0.3) is 0 Å². The van der Waals surface area contributed by atoms with Crippen LogP contribution < -0.4 is 0 Å². The average molecular weight is 373 g/mol. The van der Waals surface area contributed by atoms with Crippen molar-refractivity contribution in [3.8, 4) is 0 Å². The highest BCUT2D eigenvalue weighted by atomic mass is 19.1. The second-order valence-corrected chi connectivity index (χ2v) is 8.95. The molecular weight excluding hydrogens is 335 g/mol. The van der Waals surface area contributed by atoms with Crippen LogP contribution in [0.5, 0.6) is 0 Å². The summed E-state index contributed by atoms with van der Waals surface area (Å²) in [7, 11) is 1.75. The van der Waals surface area contributed by atoms with E-state index in [0.717, 1.165) is 36.4 Å². The smallest absolute Gasteiger partial charge is 0.0827 e. The van der Waals surface area contributed by atoms with Gasteiger partial charge in [0.05, 0.1) is 12.9 Å². The van der Waals surface area contributed by atoms with Gasteiger partial charge in [-0.05, 0) is 79.7 Å². The zero-order valence-electron chi connectivity index (χ0n) is 17.0. The van der Waals surface area contributed by atoms with Crippen LogP contribution >= 0.6 is 0 Å². The van der Waals surface area contributed by atoms with Crippen LogP contribution in [-0.4, -0.2) is 7.11 Å². The standard InChI is InChI=1S/C25H37FO/c1-27-19-23-12-16-25(17-13-23)24-14-10-22(11-15-24)9-8-21-6-4-20(5-7-21)3-2-18-26/h2,12-13,16-18,20-22,24H,3-11,14-15,19H2,1H3. The van der Waals surface area contributed by atoms with Gasteiger partial charge in [-0.15, -0.1) is 0 Å². The van der Waals surface area contributed by atoms with Crippen LogP contribution in [0.2, 0.25) is 0 Å². The Bertz CT molecular complexity index is 548. The zero-order valence-corrected chi connectivity index (χ0v) is 17.0. The Morgan fingerprint density at radius 3 is 1.96 bits per heavy atom. The number of allylic oxidation sites excluding steroid dienone is 1. The number of halogens is 1. The molecule has 0 aliphatic heterocycles. The summed E-state index contributed by atoms with van der Waals surface area (Å²) >= 11 is 0. The summed E-state index contributed by atoms with van der Waals surface area (Å²) in [5.74, 6) is 3.37. The van der Waals surface area contributed by atoms with Crippen molar-refractivity contribution in [2.75, 3.05) is 7.11 Å². The predicted octanol–water partition coefficient (Wildman–Crippen LogP) is 7.57. The molecule has 2 fully saturated rings. The summed E-state index contributed by atoms with van der Waals surface area (Å²) in [6, 6.07) is 9.08. The second-order valence-electron chi connectivity index (χ2n) is 8.95. The second kappa shape index (κ2) is 11.0. The van der Waals surface area contributed by atoms with E-state index in [2.05, 4.69) is 24.3 Å². The molecule has 2 heteroatoms. The summed E-state index contributed by atoms with van der Waals surface area (Å²) in [5, 5.41) is 0. The van der Waals surface area contributed by atoms with Crippen molar-refractivity contribution < 1.29 is 9.13 Å². The quantitative estimate of drug-likeness (QED) is 0.457. The summed E-state index contributed by atoms with van der Waals surface area (Å²) < 4.78 is 17.4. The van der Waals surface area contributed by atoms with Crippen LogP contribution in [0.15, 0.2) is 36.7 Å². The van der Waals surface area contributed by atoms with E-state index >= 15 is 0 Å². The van der Waals surface area contributed by atoms with E-state index in [1.54, 1.807) is 13.2 Å². The number of ether oxygens (including phenoxy) is 1. The fraction of sp³-hybridized carbons (Fsp3) is 0.680. The minimum atomic E-state index is 0.710. The van der Waals surface area contributed by atoms with Crippen LogP contribution in [0, 0.1) is 17.8 Å². The highest BCUT2D eigenvalue weighted by Crippen LogP contribution is 2.40. The molecule has 0 bridgehead atoms. The Labute approximate surface area is 165 Å². The maximum absolute atomic E-state index is 12.2. The van der Waals surface area contributed by atoms with E-state index in [1.807, 2.05) is 0 Å². The minimum absolute atomic E-state index is 0.710. The average Bonchev–Trinajstić information content (AvgIpc) is 2.73. The minimum Gasteiger partial charge on any atom is -0.380 e. The Morgan fingerprint density at radius 1 is 0.852 bits per heavy atom. The lowest BCUT2D eigenvalue weighted by Gasteiger charge is -2.32. The van der Waals surface area contributed by atoms with Crippen molar-refractivity contribution in [1.29, 1.82) is 0 Å². The van der Waals surface area contributed by atoms with Crippen LogP contribution in [0.1, 0.15) is 87.7 Å². The van der Waals surface area contributed by atoms with Crippen LogP contribution in [0.3, 0.4) is 0 Å². The first-order valence-electron chi connectivity index (χ1n) is 11.1. The number of methoxy groups -OCH3 is 1. The molecule has 0 heterocycles. The van der Waals surface area contributed by atoms with Gasteiger partial charge in [0.2, 0.25) is 0 Å². The van der Waals surface area contributed by atoms with E-state index in [1.165, 1.54) is 75.3 Å². The molecule has 0 N–H and O–H groups in total. The lowest BCUT2D eigenvalue weighted by atomic mass is 9.74. The Hall–Kier alpha value is -1.15. The van der Waals surface area contributed by atoms with Gasteiger partial charge in [-0.2, -0.15) is 0 Å². The van der Waals surface area contributed by atoms with Crippen LogP contribution in [-0.2, 0) is 11.3 Å². The Balaban J connectivity index is 1.34. The van der Waals surface area contributed by atoms with Crippen LogP contribution in [0.25, 0.3) is 0 Å². The van der Waals surface area contributed by atoms with Gasteiger partial charge < -0.3 is 4.74 Å². The van der Waals surface area contributed by atoms with E-state index < -0.39 is 0 Å². The first-order valence-corrected chi connectivity index (χ1v) is 11.1. The molecule has 1 nitrogen and oxygen atoms in total. The maximum atomic E-state index is 12.2. The third kappa shape index (κ3) is 6.45. The predicted molar refractivity (Wildman–Crippen MR) is 111 cm³/mol. The van der Waals surface area contributed by atoms with E-state index in [0.29, 0.717) is 6.61 Å². The van der Waals surface area contributed by atoms with Gasteiger partial charge in [0.15, 0.2) is 0 Å². The number of rotatable bonds is 8. The first-order chi connectivity index (χ1) is 13.3. The molecule has 0 aromatic heterocycles. The van der Waals surface area contributed by atoms with Crippen LogP contribution in [0.4, 0.5) is 4.39 Å². The molecule has 2 saturated carbocycles. The number of hydrogen-bond donors (Lipinski definition) is 0. The molecule has 2 aliphatic rings. The maximum Gasteiger partial charge on any atom is 0.0827 e. The van der Waals surface area contributed by atoms with E-state index in [9.17, 15) is 4.39 Å². The topological polar surface area (TPSA) is 9.23 Å². The lowest BCUT2D eigenvalue weighted by Crippen LogP contribution is -2.17. The fourth-order valence-electron chi connectivity index (χ4n) is 5.31. The molecule has 1 aromatic rings. The summed E-state index contributed by atoms with van der Waals surface area (Å²) in [5.41, 5.74) is 2.79. The first kappa shape index (κ1) is 20.6. The molecule has 2 aliphatic carbocycles. The van der Waals surface area contributed by atoms with Crippen molar-refractivity contribution in [2.24, 2.45) is 17.8 Å². The zero-order chi connectivity index (χ0) is 18.9. The third-order valence-electron chi connectivity index (χ3n) is 7.12. The van der Waals surface area contributed by atoms with Gasteiger partial charge in [0.1, 0.15) is 0 Å². The van der Waals surface area contributed by atoms with Crippen molar-refractivity contribution >= 4 is 0 Å². The molecule has 1 aromatic carbocycles. The van der Waals surface area contributed by atoms with Gasteiger partial charge >= 0.3 is 0 Å². The SMILES string of the molecule is COCc1ccc(C2CCC(CCC3CCC(CC=CF)CC3)CC2)cc1. The molecule has 0 spiro atoms. The van der Waals surface area contributed by atoms with Gasteiger partial charge in [-0.3, -0.25) is 0 Å². The Kier molecular flexibility index (Phi) is 8.38. The van der Waals surface area contributed by atoms with Gasteiger partial charge in [-0.25, -0.2) is 4.39 Å². The summed E-state index contributed by atoms with van der Waals surface area (Å²) in [6.45, 7) is 0.710. The monoisotopic (exact) mass is 372 g/mol. The van der Waals surface area contributed by atoms with Crippen molar-refractivity contribution in [2.45, 2.75) is 83.2 Å². The number of hydrogen-bond acceptors (Lipinski definition) is 1. The molecule has 0 saturated heterocycles. The molecule has 3 rings (SSSR count). The highest BCUT2D eigenvalue weighted by molar-refractivity contribution is 5.25. The molecule has 0 amide bonds. The summed E-state index contributed by atoms with van der Waals surface area (Å²) in [6.07, 6.45) is 17.1. The summed E-state index contributed by atoms with van der Waals surface area (Å²) in [4.78, 5) is 0. The molecular formula is C25H37FO. The van der Waals surface area contributed by atoms with Crippen molar-refractivity contribution in [3.63, 3.8) is 0 Å². The van der Waals surface area contributed by atoms with E-state index in [-0.39, 0.29) is 0 Å². The molecule has 27 heavy (non-hydrogen) atoms. The molecule has 0 radical (unpaired) electrons. The normalized spacial score (nSPS) is 29.3. The van der Waals surface area contributed by atoms with Gasteiger partial charge in [-0.1, -0.05) is 56.0 Å². The van der Waals surface area contributed by atoms with E-state index in [4.69, 9.17) is 4.74 Å². The fourth-order valence-corrected chi connectivity index (χ4v) is 5.31. The van der Waals surface area contributed by atoms with Crippen molar-refractivity contribution in [1.82, 2.24) is 0 Å². The highest BCUT2D eigenvalue weighted by Gasteiger charge is 2.25. The largest absolute Gasteiger partial charge is 0.380 e. The lowest BCUT2D eigenvalue weighted by molar-refractivity contribution is 0.185. The molecule has 0 unspecified atom stereocenters. The Morgan fingerprint density at radius 2 is 1.41 bits per heavy atom. The molecule has 150 valence electrons. The van der Waals surface area contributed by atoms with Crippen molar-refractivity contribution in [3.05, 3.63) is 47.8 Å². The van der Waals surface area contributed by atoms with Gasteiger partial charge in [0, 0.05) is 7.11 Å². The molecule has 0 atom stereocenters.